The molecule has 2 nitrogen and oxygen atoms in total. The number of nitrogens with one attached hydrogen (secondary N) is 1. The third kappa shape index (κ3) is 1.89. The van der Waals surface area contributed by atoms with Gasteiger partial charge in [0.1, 0.15) is 0 Å². The fourth-order valence-corrected chi connectivity index (χ4v) is 1.84. The molecule has 1 fully saturated rings. The molecule has 0 radical (unpaired) electrons. The van der Waals surface area contributed by atoms with Gasteiger partial charge in [0.05, 0.1) is 12.5 Å². The lowest BCUT2D eigenvalue weighted by Gasteiger charge is -2.21. The van der Waals surface area contributed by atoms with E-state index >= 15 is 0 Å². The van der Waals surface area contributed by atoms with Crippen LogP contribution in [0.15, 0.2) is 23.0 Å². The first-order chi connectivity index (χ1) is 5.95. The third-order valence-corrected chi connectivity index (χ3v) is 2.50. The van der Waals surface area contributed by atoms with Crippen molar-refractivity contribution < 1.29 is 4.42 Å². The molecule has 1 unspecified atom stereocenters. The van der Waals surface area contributed by atoms with Crippen LogP contribution in [0.2, 0.25) is 0 Å². The summed E-state index contributed by atoms with van der Waals surface area (Å²) >= 11 is 0. The van der Waals surface area contributed by atoms with E-state index in [9.17, 15) is 0 Å². The van der Waals surface area contributed by atoms with E-state index in [2.05, 4.69) is 11.4 Å². The van der Waals surface area contributed by atoms with Crippen LogP contribution in [0.1, 0.15) is 18.4 Å². The van der Waals surface area contributed by atoms with Crippen LogP contribution in [0.4, 0.5) is 0 Å². The zero-order valence-electron chi connectivity index (χ0n) is 7.25. The third-order valence-electron chi connectivity index (χ3n) is 2.50. The molecule has 2 heterocycles. The van der Waals surface area contributed by atoms with Crippen LogP contribution < -0.4 is 5.32 Å². The zero-order chi connectivity index (χ0) is 8.23. The summed E-state index contributed by atoms with van der Waals surface area (Å²) in [6, 6.07) is 2.06. The molecule has 2 rings (SSSR count). The van der Waals surface area contributed by atoms with Gasteiger partial charge < -0.3 is 9.73 Å². The lowest BCUT2D eigenvalue weighted by molar-refractivity contribution is 0.375. The highest BCUT2D eigenvalue weighted by Crippen LogP contribution is 2.16. The molecule has 0 aliphatic carbocycles. The van der Waals surface area contributed by atoms with Gasteiger partial charge in [-0.25, -0.2) is 0 Å². The molecule has 12 heavy (non-hydrogen) atoms. The highest BCUT2D eigenvalue weighted by atomic mass is 16.3. The smallest absolute Gasteiger partial charge is 0.0934 e. The summed E-state index contributed by atoms with van der Waals surface area (Å²) in [5, 5.41) is 3.42. The molecule has 0 aromatic carbocycles. The molecule has 1 aromatic rings. The van der Waals surface area contributed by atoms with Crippen LogP contribution in [-0.4, -0.2) is 13.1 Å². The van der Waals surface area contributed by atoms with Crippen molar-refractivity contribution in [1.29, 1.82) is 0 Å². The SMILES string of the molecule is c1cc(CC2CCCNC2)co1. The van der Waals surface area contributed by atoms with Gasteiger partial charge in [-0.2, -0.15) is 0 Å². The summed E-state index contributed by atoms with van der Waals surface area (Å²) in [6.45, 7) is 2.37. The zero-order valence-corrected chi connectivity index (χ0v) is 7.25. The second-order valence-corrected chi connectivity index (χ2v) is 3.55. The minimum absolute atomic E-state index is 0.816. The molecular weight excluding hydrogens is 150 g/mol. The maximum absolute atomic E-state index is 5.04. The van der Waals surface area contributed by atoms with Gasteiger partial charge in [-0.3, -0.25) is 0 Å². The number of piperidine rings is 1. The highest BCUT2D eigenvalue weighted by molar-refractivity contribution is 5.06. The fraction of sp³-hybridized carbons (Fsp3) is 0.600. The van der Waals surface area contributed by atoms with Crippen molar-refractivity contribution in [2.24, 2.45) is 5.92 Å². The Morgan fingerprint density at radius 1 is 1.58 bits per heavy atom. The monoisotopic (exact) mass is 165 g/mol. The second kappa shape index (κ2) is 3.76. The van der Waals surface area contributed by atoms with Crippen LogP contribution in [0.5, 0.6) is 0 Å². The lowest BCUT2D eigenvalue weighted by Crippen LogP contribution is -2.30. The summed E-state index contributed by atoms with van der Waals surface area (Å²) in [4.78, 5) is 0. The molecule has 2 heteroatoms. The number of furan rings is 1. The Kier molecular flexibility index (Phi) is 2.47. The van der Waals surface area contributed by atoms with Crippen molar-refractivity contribution in [3.8, 4) is 0 Å². The van der Waals surface area contributed by atoms with Crippen molar-refractivity contribution in [2.75, 3.05) is 13.1 Å². The molecule has 1 saturated heterocycles. The molecule has 0 saturated carbocycles. The van der Waals surface area contributed by atoms with Crippen LogP contribution in [0.25, 0.3) is 0 Å². The lowest BCUT2D eigenvalue weighted by atomic mass is 9.94. The molecule has 0 amide bonds. The van der Waals surface area contributed by atoms with Gasteiger partial charge >= 0.3 is 0 Å². The molecule has 1 N–H and O–H groups in total. The van der Waals surface area contributed by atoms with E-state index in [1.165, 1.54) is 37.9 Å². The quantitative estimate of drug-likeness (QED) is 0.723. The van der Waals surface area contributed by atoms with E-state index in [-0.39, 0.29) is 0 Å². The fourth-order valence-electron chi connectivity index (χ4n) is 1.84. The average Bonchev–Trinajstić information content (AvgIpc) is 2.59. The summed E-state index contributed by atoms with van der Waals surface area (Å²) in [7, 11) is 0. The van der Waals surface area contributed by atoms with Gasteiger partial charge in [0.15, 0.2) is 0 Å². The number of hydrogen-bond acceptors (Lipinski definition) is 2. The summed E-state index contributed by atoms with van der Waals surface area (Å²) < 4.78 is 5.04. The van der Waals surface area contributed by atoms with E-state index in [1.54, 1.807) is 6.26 Å². The predicted molar refractivity (Wildman–Crippen MR) is 48.0 cm³/mol. The Morgan fingerprint density at radius 3 is 3.25 bits per heavy atom. The van der Waals surface area contributed by atoms with Crippen LogP contribution in [-0.2, 0) is 6.42 Å². The Bertz CT molecular complexity index is 212. The Labute approximate surface area is 73.0 Å². The molecule has 1 aliphatic heterocycles. The molecule has 0 spiro atoms. The molecule has 1 aliphatic rings. The largest absolute Gasteiger partial charge is 0.472 e. The normalized spacial score (nSPS) is 24.2. The minimum Gasteiger partial charge on any atom is -0.472 e. The first-order valence-electron chi connectivity index (χ1n) is 4.67. The maximum atomic E-state index is 5.04. The van der Waals surface area contributed by atoms with E-state index < -0.39 is 0 Å². The molecule has 1 atom stereocenters. The highest BCUT2D eigenvalue weighted by Gasteiger charge is 2.13. The molecule has 0 bridgehead atoms. The summed E-state index contributed by atoms with van der Waals surface area (Å²) in [5.74, 6) is 0.816. The standard InChI is InChI=1S/C10H15NO/c1-2-9(7-11-4-1)6-10-3-5-12-8-10/h3,5,8-9,11H,1-2,4,6-7H2. The minimum atomic E-state index is 0.816. The van der Waals surface area contributed by atoms with Crippen LogP contribution in [0.3, 0.4) is 0 Å². The van der Waals surface area contributed by atoms with Crippen molar-refractivity contribution >= 4 is 0 Å². The first kappa shape index (κ1) is 7.87. The number of hydrogen-bond donors (Lipinski definition) is 1. The molecular formula is C10H15NO. The Morgan fingerprint density at radius 2 is 2.58 bits per heavy atom. The van der Waals surface area contributed by atoms with Crippen molar-refractivity contribution in [2.45, 2.75) is 19.3 Å². The van der Waals surface area contributed by atoms with Crippen molar-refractivity contribution in [3.63, 3.8) is 0 Å². The Balaban J connectivity index is 1.86. The van der Waals surface area contributed by atoms with Crippen molar-refractivity contribution in [3.05, 3.63) is 24.2 Å². The van der Waals surface area contributed by atoms with Gasteiger partial charge in [-0.15, -0.1) is 0 Å². The van der Waals surface area contributed by atoms with Crippen LogP contribution >= 0.6 is 0 Å². The maximum Gasteiger partial charge on any atom is 0.0934 e. The first-order valence-corrected chi connectivity index (χ1v) is 4.67. The Hall–Kier alpha value is -0.760. The van der Waals surface area contributed by atoms with E-state index in [0.29, 0.717) is 0 Å². The van der Waals surface area contributed by atoms with Gasteiger partial charge in [0.2, 0.25) is 0 Å². The summed E-state index contributed by atoms with van der Waals surface area (Å²) in [6.07, 6.45) is 7.46. The van der Waals surface area contributed by atoms with Gasteiger partial charge in [0.25, 0.3) is 0 Å². The van der Waals surface area contributed by atoms with Crippen LogP contribution in [0, 0.1) is 5.92 Å². The topological polar surface area (TPSA) is 25.2 Å². The van der Waals surface area contributed by atoms with E-state index in [4.69, 9.17) is 4.42 Å². The van der Waals surface area contributed by atoms with Gasteiger partial charge in [0, 0.05) is 0 Å². The summed E-state index contributed by atoms with van der Waals surface area (Å²) in [5.41, 5.74) is 1.34. The molecule has 66 valence electrons. The molecule has 1 aromatic heterocycles. The second-order valence-electron chi connectivity index (χ2n) is 3.55. The van der Waals surface area contributed by atoms with E-state index in [1.807, 2.05) is 6.26 Å². The van der Waals surface area contributed by atoms with Gasteiger partial charge in [-0.05, 0) is 49.9 Å². The number of rotatable bonds is 2. The average molecular weight is 165 g/mol. The predicted octanol–water partition coefficient (Wildman–Crippen LogP) is 1.82. The van der Waals surface area contributed by atoms with Crippen molar-refractivity contribution in [1.82, 2.24) is 5.32 Å². The van der Waals surface area contributed by atoms with E-state index in [0.717, 1.165) is 5.92 Å². The van der Waals surface area contributed by atoms with Gasteiger partial charge in [-0.1, -0.05) is 0 Å².